The van der Waals surface area contributed by atoms with Crippen LogP contribution in [0.15, 0.2) is 48.5 Å². The Bertz CT molecular complexity index is 632. The summed E-state index contributed by atoms with van der Waals surface area (Å²) >= 11 is 12.0. The first-order chi connectivity index (χ1) is 10.6. The van der Waals surface area contributed by atoms with Gasteiger partial charge in [-0.2, -0.15) is 0 Å². The van der Waals surface area contributed by atoms with Crippen molar-refractivity contribution in [2.24, 2.45) is 0 Å². The predicted octanol–water partition coefficient (Wildman–Crippen LogP) is 4.67. The highest BCUT2D eigenvalue weighted by Gasteiger charge is 2.09. The quantitative estimate of drug-likeness (QED) is 0.804. The predicted molar refractivity (Wildman–Crippen MR) is 92.6 cm³/mol. The smallest absolute Gasteiger partial charge is 0.222 e. The molecule has 0 saturated carbocycles. The number of nitrogens with one attached hydrogen (secondary N) is 2. The average Bonchev–Trinajstić information content (AvgIpc) is 2.52. The van der Waals surface area contributed by atoms with E-state index in [-0.39, 0.29) is 11.9 Å². The van der Waals surface area contributed by atoms with Crippen molar-refractivity contribution in [2.75, 3.05) is 11.9 Å². The van der Waals surface area contributed by atoms with Crippen LogP contribution in [0.5, 0.6) is 0 Å². The maximum absolute atomic E-state index is 12.0. The fourth-order valence-electron chi connectivity index (χ4n) is 2.09. The summed E-state index contributed by atoms with van der Waals surface area (Å²) in [6.45, 7) is 2.46. The van der Waals surface area contributed by atoms with Crippen molar-refractivity contribution in [1.82, 2.24) is 5.32 Å². The third kappa shape index (κ3) is 4.65. The summed E-state index contributed by atoms with van der Waals surface area (Å²) in [5, 5.41) is 7.06. The lowest BCUT2D eigenvalue weighted by Gasteiger charge is -2.15. The molecule has 0 heterocycles. The van der Waals surface area contributed by atoms with Crippen LogP contribution in [0.2, 0.25) is 10.0 Å². The molecule has 0 aliphatic rings. The lowest BCUT2D eigenvalue weighted by Crippen LogP contribution is -2.28. The molecule has 0 radical (unpaired) electrons. The van der Waals surface area contributed by atoms with Gasteiger partial charge < -0.3 is 10.6 Å². The van der Waals surface area contributed by atoms with E-state index in [9.17, 15) is 4.79 Å². The summed E-state index contributed by atoms with van der Waals surface area (Å²) in [5.41, 5.74) is 1.82. The normalized spacial score (nSPS) is 11.8. The van der Waals surface area contributed by atoms with Gasteiger partial charge in [-0.1, -0.05) is 59.6 Å². The molecule has 2 aromatic rings. The van der Waals surface area contributed by atoms with Gasteiger partial charge in [0.05, 0.1) is 21.8 Å². The molecule has 2 aromatic carbocycles. The van der Waals surface area contributed by atoms with Crippen LogP contribution in [0.3, 0.4) is 0 Å². The third-order valence-corrected chi connectivity index (χ3v) is 4.12. The van der Waals surface area contributed by atoms with E-state index in [2.05, 4.69) is 10.6 Å². The van der Waals surface area contributed by atoms with Crippen molar-refractivity contribution in [1.29, 1.82) is 0 Å². The van der Waals surface area contributed by atoms with Gasteiger partial charge in [0.2, 0.25) is 5.91 Å². The minimum atomic E-state index is -0.0120. The number of benzene rings is 2. The molecule has 2 rings (SSSR count). The lowest BCUT2D eigenvalue weighted by atomic mass is 10.1. The number of carbonyl (C=O) groups excluding carboxylic acids is 1. The maximum Gasteiger partial charge on any atom is 0.222 e. The number of halogens is 2. The highest BCUT2D eigenvalue weighted by Crippen LogP contribution is 2.29. The molecule has 1 atom stereocenters. The zero-order valence-electron chi connectivity index (χ0n) is 12.3. The number of carbonyl (C=O) groups is 1. The summed E-state index contributed by atoms with van der Waals surface area (Å²) in [6.07, 6.45) is 0.361. The van der Waals surface area contributed by atoms with Crippen molar-refractivity contribution in [3.63, 3.8) is 0 Å². The van der Waals surface area contributed by atoms with Gasteiger partial charge in [-0.15, -0.1) is 0 Å². The summed E-state index contributed by atoms with van der Waals surface area (Å²) in [6, 6.07) is 15.2. The van der Waals surface area contributed by atoms with Crippen molar-refractivity contribution < 1.29 is 4.79 Å². The molecule has 0 aromatic heterocycles. The highest BCUT2D eigenvalue weighted by molar-refractivity contribution is 6.43. The molecule has 22 heavy (non-hydrogen) atoms. The first kappa shape index (κ1) is 16.7. The van der Waals surface area contributed by atoms with E-state index in [1.54, 1.807) is 6.07 Å². The van der Waals surface area contributed by atoms with Gasteiger partial charge in [-0.05, 0) is 24.6 Å². The lowest BCUT2D eigenvalue weighted by molar-refractivity contribution is -0.121. The highest BCUT2D eigenvalue weighted by atomic mass is 35.5. The minimum Gasteiger partial charge on any atom is -0.383 e. The number of hydrogen-bond donors (Lipinski definition) is 2. The Morgan fingerprint density at radius 2 is 1.82 bits per heavy atom. The first-order valence-electron chi connectivity index (χ1n) is 7.10. The molecule has 1 amide bonds. The van der Waals surface area contributed by atoms with Crippen LogP contribution < -0.4 is 10.6 Å². The van der Waals surface area contributed by atoms with E-state index in [4.69, 9.17) is 23.2 Å². The van der Waals surface area contributed by atoms with Crippen molar-refractivity contribution in [3.8, 4) is 0 Å². The Labute approximate surface area is 140 Å². The van der Waals surface area contributed by atoms with E-state index in [1.165, 1.54) is 0 Å². The Morgan fingerprint density at radius 3 is 2.55 bits per heavy atom. The van der Waals surface area contributed by atoms with Gasteiger partial charge in [0, 0.05) is 13.0 Å². The Balaban J connectivity index is 1.80. The molecule has 0 spiro atoms. The second kappa shape index (κ2) is 8.06. The largest absolute Gasteiger partial charge is 0.383 e. The number of anilines is 1. The van der Waals surface area contributed by atoms with Crippen LogP contribution in [0, 0.1) is 0 Å². The monoisotopic (exact) mass is 336 g/mol. The second-order valence-corrected chi connectivity index (χ2v) is 5.76. The summed E-state index contributed by atoms with van der Waals surface area (Å²) < 4.78 is 0. The van der Waals surface area contributed by atoms with Crippen LogP contribution in [0.4, 0.5) is 5.69 Å². The van der Waals surface area contributed by atoms with Crippen LogP contribution in [-0.4, -0.2) is 12.5 Å². The first-order valence-corrected chi connectivity index (χ1v) is 7.85. The molecular weight excluding hydrogens is 319 g/mol. The van der Waals surface area contributed by atoms with Gasteiger partial charge in [0.15, 0.2) is 0 Å². The van der Waals surface area contributed by atoms with E-state index in [0.29, 0.717) is 23.0 Å². The summed E-state index contributed by atoms with van der Waals surface area (Å²) in [5.74, 6) is -0.0120. The average molecular weight is 337 g/mol. The summed E-state index contributed by atoms with van der Waals surface area (Å²) in [7, 11) is 0. The van der Waals surface area contributed by atoms with Crippen LogP contribution in [0.1, 0.15) is 24.9 Å². The van der Waals surface area contributed by atoms with Crippen LogP contribution in [-0.2, 0) is 4.79 Å². The Hall–Kier alpha value is -1.71. The van der Waals surface area contributed by atoms with Crippen molar-refractivity contribution in [2.45, 2.75) is 19.4 Å². The van der Waals surface area contributed by atoms with Crippen molar-refractivity contribution >= 4 is 34.8 Å². The molecular formula is C17H18Cl2N2O. The maximum atomic E-state index is 12.0. The Kier molecular flexibility index (Phi) is 6.10. The summed E-state index contributed by atoms with van der Waals surface area (Å²) in [4.78, 5) is 12.0. The van der Waals surface area contributed by atoms with E-state index < -0.39 is 0 Å². The van der Waals surface area contributed by atoms with Gasteiger partial charge >= 0.3 is 0 Å². The molecule has 116 valence electrons. The van der Waals surface area contributed by atoms with E-state index >= 15 is 0 Å². The van der Waals surface area contributed by atoms with E-state index in [0.717, 1.165) is 11.3 Å². The molecule has 5 heteroatoms. The number of amides is 1. The molecule has 0 saturated heterocycles. The zero-order valence-corrected chi connectivity index (χ0v) is 13.8. The second-order valence-electron chi connectivity index (χ2n) is 4.98. The number of rotatable bonds is 6. The van der Waals surface area contributed by atoms with Gasteiger partial charge in [0.25, 0.3) is 0 Å². The topological polar surface area (TPSA) is 41.1 Å². The minimum absolute atomic E-state index is 0.0107. The fourth-order valence-corrected chi connectivity index (χ4v) is 2.46. The molecule has 1 unspecified atom stereocenters. The number of hydrogen-bond acceptors (Lipinski definition) is 2. The molecule has 0 aliphatic heterocycles. The Morgan fingerprint density at radius 1 is 1.09 bits per heavy atom. The van der Waals surface area contributed by atoms with Crippen LogP contribution >= 0.6 is 23.2 Å². The standard InChI is InChI=1S/C17H18Cl2N2O/c1-12(13-6-3-2-4-7-13)21-16(22)10-11-20-15-9-5-8-14(18)17(15)19/h2-9,12,20H,10-11H2,1H3,(H,21,22). The van der Waals surface area contributed by atoms with Crippen molar-refractivity contribution in [3.05, 3.63) is 64.1 Å². The molecule has 0 fully saturated rings. The van der Waals surface area contributed by atoms with Gasteiger partial charge in [-0.3, -0.25) is 4.79 Å². The van der Waals surface area contributed by atoms with Gasteiger partial charge in [0.1, 0.15) is 0 Å². The van der Waals surface area contributed by atoms with Gasteiger partial charge in [-0.25, -0.2) is 0 Å². The fraction of sp³-hybridized carbons (Fsp3) is 0.235. The molecule has 0 aliphatic carbocycles. The van der Waals surface area contributed by atoms with Crippen LogP contribution in [0.25, 0.3) is 0 Å². The molecule has 2 N–H and O–H groups in total. The molecule has 3 nitrogen and oxygen atoms in total. The van der Waals surface area contributed by atoms with E-state index in [1.807, 2.05) is 49.4 Å². The zero-order chi connectivity index (χ0) is 15.9. The molecule has 0 bridgehead atoms. The third-order valence-electron chi connectivity index (χ3n) is 3.30. The SMILES string of the molecule is CC(NC(=O)CCNc1cccc(Cl)c1Cl)c1ccccc1.